The predicted molar refractivity (Wildman–Crippen MR) is 107 cm³/mol. The second-order valence-corrected chi connectivity index (χ2v) is 9.66. The molecule has 0 fully saturated rings. The molecule has 0 aliphatic rings. The highest BCUT2D eigenvalue weighted by molar-refractivity contribution is 6.30. The number of hydrogen-bond donors (Lipinski definition) is 0. The van der Waals surface area contributed by atoms with Crippen molar-refractivity contribution in [3.8, 4) is 0 Å². The molecule has 2 aromatic carbocycles. The highest BCUT2D eigenvalue weighted by Crippen LogP contribution is 2.53. The third kappa shape index (κ3) is 4.55. The number of benzene rings is 2. The van der Waals surface area contributed by atoms with E-state index in [-0.39, 0.29) is 10.8 Å². The van der Waals surface area contributed by atoms with Gasteiger partial charge < -0.3 is 0 Å². The van der Waals surface area contributed by atoms with Crippen LogP contribution < -0.4 is 0 Å². The first-order chi connectivity index (χ1) is 11.0. The summed E-state index contributed by atoms with van der Waals surface area (Å²) in [4.78, 5) is 0. The van der Waals surface area contributed by atoms with Gasteiger partial charge in [-0.05, 0) is 58.1 Å². The van der Waals surface area contributed by atoms with Crippen molar-refractivity contribution in [2.75, 3.05) is 0 Å². The second kappa shape index (κ2) is 7.10. The van der Waals surface area contributed by atoms with Crippen LogP contribution >= 0.6 is 23.2 Å². The molecule has 0 aliphatic heterocycles. The summed E-state index contributed by atoms with van der Waals surface area (Å²) in [6.45, 7) is 13.9. The van der Waals surface area contributed by atoms with E-state index in [0.29, 0.717) is 11.8 Å². The zero-order chi connectivity index (χ0) is 18.1. The molecule has 0 aromatic heterocycles. The Morgan fingerprint density at radius 2 is 0.792 bits per heavy atom. The van der Waals surface area contributed by atoms with Gasteiger partial charge in [0.25, 0.3) is 0 Å². The first kappa shape index (κ1) is 19.3. The molecule has 0 amide bonds. The van der Waals surface area contributed by atoms with E-state index >= 15 is 0 Å². The van der Waals surface area contributed by atoms with Gasteiger partial charge in [-0.1, -0.05) is 89.0 Å². The van der Waals surface area contributed by atoms with Crippen LogP contribution in [0.1, 0.15) is 64.5 Å². The molecule has 2 heteroatoms. The van der Waals surface area contributed by atoms with Gasteiger partial charge in [0.15, 0.2) is 0 Å². The summed E-state index contributed by atoms with van der Waals surface area (Å²) in [5.74, 6) is 0.742. The number of hydrogen-bond acceptors (Lipinski definition) is 0. The third-order valence-corrected chi connectivity index (χ3v) is 5.16. The van der Waals surface area contributed by atoms with Gasteiger partial charge in [-0.2, -0.15) is 0 Å². The normalized spacial score (nSPS) is 15.2. The highest BCUT2D eigenvalue weighted by Gasteiger charge is 2.40. The molecule has 0 unspecified atom stereocenters. The standard InChI is InChI=1S/C22H28Cl2/c1-21(2,3)19(15-7-11-17(23)12-8-15)20(22(4,5)6)16-9-13-18(24)14-10-16/h7-14,19-20H,1-6H3/t19-,20+. The fraction of sp³-hybridized carbons (Fsp3) is 0.455. The second-order valence-electron chi connectivity index (χ2n) is 8.79. The molecular formula is C22H28Cl2. The van der Waals surface area contributed by atoms with Gasteiger partial charge in [-0.25, -0.2) is 0 Å². The van der Waals surface area contributed by atoms with Crippen LogP contribution in [-0.2, 0) is 0 Å². The minimum absolute atomic E-state index is 0.116. The van der Waals surface area contributed by atoms with Crippen molar-refractivity contribution in [1.82, 2.24) is 0 Å². The Kier molecular flexibility index (Phi) is 5.72. The maximum Gasteiger partial charge on any atom is 0.0406 e. The molecule has 0 nitrogen and oxygen atoms in total. The summed E-state index contributed by atoms with van der Waals surface area (Å²) in [6.07, 6.45) is 0. The van der Waals surface area contributed by atoms with Crippen molar-refractivity contribution in [2.45, 2.75) is 53.4 Å². The average Bonchev–Trinajstić information content (AvgIpc) is 2.45. The summed E-state index contributed by atoms with van der Waals surface area (Å²) in [5.41, 5.74) is 2.90. The van der Waals surface area contributed by atoms with Crippen LogP contribution in [0.3, 0.4) is 0 Å². The maximum atomic E-state index is 6.12. The average molecular weight is 363 g/mol. The zero-order valence-electron chi connectivity index (χ0n) is 15.5. The van der Waals surface area contributed by atoms with Crippen molar-refractivity contribution in [3.05, 3.63) is 69.7 Å². The Balaban J connectivity index is 2.61. The van der Waals surface area contributed by atoms with E-state index in [4.69, 9.17) is 23.2 Å². The smallest absolute Gasteiger partial charge is 0.0406 e. The lowest BCUT2D eigenvalue weighted by atomic mass is 9.60. The van der Waals surface area contributed by atoms with E-state index in [9.17, 15) is 0 Å². The first-order valence-electron chi connectivity index (χ1n) is 8.51. The molecular weight excluding hydrogens is 335 g/mol. The molecule has 24 heavy (non-hydrogen) atoms. The van der Waals surface area contributed by atoms with E-state index in [2.05, 4.69) is 65.8 Å². The van der Waals surface area contributed by atoms with Crippen molar-refractivity contribution in [2.24, 2.45) is 10.8 Å². The Labute approximate surface area is 157 Å². The van der Waals surface area contributed by atoms with Crippen molar-refractivity contribution >= 4 is 23.2 Å². The summed E-state index contributed by atoms with van der Waals surface area (Å²) in [6, 6.07) is 16.7. The van der Waals surface area contributed by atoms with Crippen LogP contribution in [0.25, 0.3) is 0 Å². The fourth-order valence-corrected chi connectivity index (χ4v) is 3.98. The summed E-state index contributed by atoms with van der Waals surface area (Å²) in [7, 11) is 0. The van der Waals surface area contributed by atoms with E-state index in [1.165, 1.54) is 11.1 Å². The Hall–Kier alpha value is -0.980. The van der Waals surface area contributed by atoms with Gasteiger partial charge in [0.1, 0.15) is 0 Å². The van der Waals surface area contributed by atoms with Crippen molar-refractivity contribution < 1.29 is 0 Å². The topological polar surface area (TPSA) is 0 Å². The zero-order valence-corrected chi connectivity index (χ0v) is 17.0. The Bertz CT molecular complexity index is 594. The Morgan fingerprint density at radius 1 is 0.542 bits per heavy atom. The molecule has 0 N–H and O–H groups in total. The minimum Gasteiger partial charge on any atom is -0.0843 e. The summed E-state index contributed by atoms with van der Waals surface area (Å²) >= 11 is 12.2. The highest BCUT2D eigenvalue weighted by atomic mass is 35.5. The molecule has 0 spiro atoms. The van der Waals surface area contributed by atoms with Crippen LogP contribution in [0.15, 0.2) is 48.5 Å². The molecule has 2 aromatic rings. The van der Waals surface area contributed by atoms with Crippen LogP contribution in [0.2, 0.25) is 10.0 Å². The van der Waals surface area contributed by atoms with Gasteiger partial charge in [0.2, 0.25) is 0 Å². The van der Waals surface area contributed by atoms with Crippen LogP contribution in [0.4, 0.5) is 0 Å². The molecule has 2 atom stereocenters. The van der Waals surface area contributed by atoms with E-state index in [1.807, 2.05) is 24.3 Å². The van der Waals surface area contributed by atoms with Gasteiger partial charge in [0.05, 0.1) is 0 Å². The predicted octanol–water partition coefficient (Wildman–Crippen LogP) is 7.95. The summed E-state index contributed by atoms with van der Waals surface area (Å²) in [5, 5.41) is 1.57. The number of halogens is 2. The Morgan fingerprint density at radius 3 is 1.00 bits per heavy atom. The minimum atomic E-state index is 0.116. The van der Waals surface area contributed by atoms with E-state index in [0.717, 1.165) is 10.0 Å². The monoisotopic (exact) mass is 362 g/mol. The summed E-state index contributed by atoms with van der Waals surface area (Å²) < 4.78 is 0. The third-order valence-electron chi connectivity index (χ3n) is 4.66. The quantitative estimate of drug-likeness (QED) is 0.519. The molecule has 2 rings (SSSR count). The maximum absolute atomic E-state index is 6.12. The van der Waals surface area contributed by atoms with Crippen molar-refractivity contribution in [1.29, 1.82) is 0 Å². The first-order valence-corrected chi connectivity index (χ1v) is 9.26. The lowest BCUT2D eigenvalue weighted by molar-refractivity contribution is 0.186. The lowest BCUT2D eigenvalue weighted by Gasteiger charge is -2.44. The van der Waals surface area contributed by atoms with Crippen LogP contribution in [-0.4, -0.2) is 0 Å². The molecule has 130 valence electrons. The van der Waals surface area contributed by atoms with Crippen molar-refractivity contribution in [3.63, 3.8) is 0 Å². The SMILES string of the molecule is CC(C)(C)[C@H](c1ccc(Cl)cc1)[C@H](c1ccc(Cl)cc1)C(C)(C)C. The fourth-order valence-electron chi connectivity index (χ4n) is 3.73. The van der Waals surface area contributed by atoms with Crippen LogP contribution in [0, 0.1) is 10.8 Å². The van der Waals surface area contributed by atoms with E-state index < -0.39 is 0 Å². The lowest BCUT2D eigenvalue weighted by Crippen LogP contribution is -2.32. The van der Waals surface area contributed by atoms with Gasteiger partial charge in [-0.15, -0.1) is 0 Å². The number of rotatable bonds is 3. The molecule has 0 heterocycles. The molecule has 0 radical (unpaired) electrons. The molecule has 0 saturated carbocycles. The van der Waals surface area contributed by atoms with Gasteiger partial charge in [-0.3, -0.25) is 0 Å². The van der Waals surface area contributed by atoms with Crippen LogP contribution in [0.5, 0.6) is 0 Å². The largest absolute Gasteiger partial charge is 0.0843 e. The van der Waals surface area contributed by atoms with E-state index in [1.54, 1.807) is 0 Å². The molecule has 0 aliphatic carbocycles. The molecule has 0 saturated heterocycles. The molecule has 0 bridgehead atoms. The van der Waals surface area contributed by atoms with Gasteiger partial charge >= 0.3 is 0 Å². The van der Waals surface area contributed by atoms with Gasteiger partial charge in [0, 0.05) is 10.0 Å².